The van der Waals surface area contributed by atoms with Crippen LogP contribution in [0.1, 0.15) is 95.1 Å². The molecule has 3 rings (SSSR count). The molecule has 0 unspecified atom stereocenters. The predicted molar refractivity (Wildman–Crippen MR) is 162 cm³/mol. The largest absolute Gasteiger partial charge is 0.478 e. The number of pyridine rings is 1. The number of hydrogen-bond donors (Lipinski definition) is 0. The van der Waals surface area contributed by atoms with Gasteiger partial charge in [0.25, 0.3) is 0 Å². The second-order valence-corrected chi connectivity index (χ2v) is 10.5. The molecule has 0 saturated carbocycles. The zero-order valence-electron chi connectivity index (χ0n) is 24.3. The minimum atomic E-state index is -0.348. The number of carbonyl (C=O) groups is 1. The quantitative estimate of drug-likeness (QED) is 0.0850. The number of aromatic nitrogens is 1. The maximum atomic E-state index is 12.7. The number of aryl methyl sites for hydroxylation is 2. The van der Waals surface area contributed by atoms with Crippen molar-refractivity contribution in [2.24, 2.45) is 0 Å². The van der Waals surface area contributed by atoms with Crippen LogP contribution in [0, 0.1) is 6.92 Å². The first-order valence-electron chi connectivity index (χ1n) is 15.0. The average Bonchev–Trinajstić information content (AvgIpc) is 2.96. The molecule has 40 heavy (non-hydrogen) atoms. The number of ether oxygens (including phenoxy) is 2. The Bertz CT molecular complexity index is 1280. The molecular weight excluding hydrogens is 502 g/mol. The summed E-state index contributed by atoms with van der Waals surface area (Å²) < 4.78 is 16.5. The monoisotopic (exact) mass is 547 g/mol. The molecule has 3 aromatic rings. The number of hydrogen-bond acceptors (Lipinski definition) is 6. The van der Waals surface area contributed by atoms with E-state index >= 15 is 0 Å². The molecule has 0 aliphatic heterocycles. The summed E-state index contributed by atoms with van der Waals surface area (Å²) in [6.07, 6.45) is 17.7. The number of carbonyl (C=O) groups excluding carboxylic acids is 1. The zero-order valence-corrected chi connectivity index (χ0v) is 24.3. The highest BCUT2D eigenvalue weighted by Crippen LogP contribution is 2.26. The van der Waals surface area contributed by atoms with Gasteiger partial charge in [-0.2, -0.15) is 0 Å². The summed E-state index contributed by atoms with van der Waals surface area (Å²) in [6.45, 7) is 8.74. The number of nitrogens with zero attached hydrogens (tertiary/aromatic N) is 1. The molecule has 0 fully saturated rings. The second kappa shape index (κ2) is 17.3. The van der Waals surface area contributed by atoms with Gasteiger partial charge in [-0.3, -0.25) is 0 Å². The topological polar surface area (TPSA) is 78.6 Å². The first-order chi connectivity index (χ1) is 19.5. The summed E-state index contributed by atoms with van der Waals surface area (Å²) >= 11 is 0. The van der Waals surface area contributed by atoms with Crippen LogP contribution in [0.3, 0.4) is 0 Å². The van der Waals surface area contributed by atoms with Crippen LogP contribution < -0.4 is 10.4 Å². The van der Waals surface area contributed by atoms with E-state index in [0.29, 0.717) is 30.2 Å². The van der Waals surface area contributed by atoms with Crippen LogP contribution in [0.2, 0.25) is 0 Å². The van der Waals surface area contributed by atoms with Gasteiger partial charge in [0.1, 0.15) is 0 Å². The van der Waals surface area contributed by atoms with Gasteiger partial charge in [-0.15, -0.1) is 0 Å². The Balaban J connectivity index is 1.37. The van der Waals surface area contributed by atoms with Crippen molar-refractivity contribution in [3.05, 3.63) is 70.7 Å². The van der Waals surface area contributed by atoms with E-state index < -0.39 is 0 Å². The second-order valence-electron chi connectivity index (χ2n) is 10.5. The lowest BCUT2D eigenvalue weighted by Gasteiger charge is -2.10. The zero-order chi connectivity index (χ0) is 28.6. The van der Waals surface area contributed by atoms with Gasteiger partial charge in [0.15, 0.2) is 5.58 Å². The fourth-order valence-corrected chi connectivity index (χ4v) is 4.86. The normalized spacial score (nSPS) is 11.1. The van der Waals surface area contributed by atoms with E-state index in [4.69, 9.17) is 13.9 Å². The fourth-order valence-electron chi connectivity index (χ4n) is 4.86. The molecule has 6 nitrogen and oxygen atoms in total. The molecule has 0 saturated heterocycles. The summed E-state index contributed by atoms with van der Waals surface area (Å²) in [6, 6.07) is 10.1. The number of unbranched alkanes of at least 4 members (excludes halogenated alkanes) is 10. The summed E-state index contributed by atoms with van der Waals surface area (Å²) in [4.78, 5) is 28.0. The van der Waals surface area contributed by atoms with Crippen molar-refractivity contribution in [2.45, 2.75) is 97.3 Å². The van der Waals surface area contributed by atoms with Gasteiger partial charge in [0.05, 0.1) is 25.0 Å². The van der Waals surface area contributed by atoms with E-state index in [1.807, 2.05) is 25.1 Å². The molecule has 2 heterocycles. The molecule has 0 spiro atoms. The van der Waals surface area contributed by atoms with Crippen molar-refractivity contribution in [3.63, 3.8) is 0 Å². The Morgan fingerprint density at radius 3 is 2.23 bits per heavy atom. The van der Waals surface area contributed by atoms with Gasteiger partial charge in [0.2, 0.25) is 5.88 Å². The molecular formula is C34H45NO5. The van der Waals surface area contributed by atoms with Gasteiger partial charge >= 0.3 is 11.6 Å². The van der Waals surface area contributed by atoms with E-state index in [0.717, 1.165) is 61.5 Å². The van der Waals surface area contributed by atoms with Crippen molar-refractivity contribution in [1.82, 2.24) is 4.98 Å². The Kier molecular flexibility index (Phi) is 13.5. The van der Waals surface area contributed by atoms with Gasteiger partial charge in [-0.1, -0.05) is 89.5 Å². The Hall–Kier alpha value is -3.41. The van der Waals surface area contributed by atoms with Crippen LogP contribution in [0.25, 0.3) is 22.1 Å². The lowest BCUT2D eigenvalue weighted by atomic mass is 9.97. The van der Waals surface area contributed by atoms with Crippen molar-refractivity contribution in [2.75, 3.05) is 13.2 Å². The molecule has 1 aromatic carbocycles. The molecule has 0 amide bonds. The minimum Gasteiger partial charge on any atom is -0.478 e. The van der Waals surface area contributed by atoms with Crippen LogP contribution in [-0.2, 0) is 16.0 Å². The summed E-state index contributed by atoms with van der Waals surface area (Å²) in [5, 5.41) is 0.812. The third kappa shape index (κ3) is 10.3. The standard InChI is InChI=1S/C34H45NO5/c1-4-6-17-27-18-19-29(26(3)22-27)30-23-28-24-32(35-25-31(28)40-34(30)37)38-20-15-13-11-9-7-8-10-12-14-16-21-39-33(36)5-2/h5,18-19,22-25H,2,4,6-17,20-21H2,1,3H3. The van der Waals surface area contributed by atoms with E-state index in [1.165, 1.54) is 50.2 Å². The van der Waals surface area contributed by atoms with Gasteiger partial charge < -0.3 is 13.9 Å². The third-order valence-electron chi connectivity index (χ3n) is 7.19. The molecule has 6 heteroatoms. The predicted octanol–water partition coefficient (Wildman–Crippen LogP) is 8.52. The molecule has 0 N–H and O–H groups in total. The number of esters is 1. The fraction of sp³-hybridized carbons (Fsp3) is 0.500. The SMILES string of the molecule is C=CC(=O)OCCCCCCCCCCCCOc1cc2cc(-c3ccc(CCCC)cc3C)c(=O)oc2cn1. The van der Waals surface area contributed by atoms with E-state index in [9.17, 15) is 9.59 Å². The van der Waals surface area contributed by atoms with Crippen molar-refractivity contribution in [1.29, 1.82) is 0 Å². The van der Waals surface area contributed by atoms with Crippen LogP contribution in [0.4, 0.5) is 0 Å². The molecule has 0 aliphatic rings. The lowest BCUT2D eigenvalue weighted by molar-refractivity contribution is -0.137. The molecule has 0 aliphatic carbocycles. The highest BCUT2D eigenvalue weighted by Gasteiger charge is 2.12. The molecule has 2 aromatic heterocycles. The molecule has 216 valence electrons. The highest BCUT2D eigenvalue weighted by atomic mass is 16.5. The van der Waals surface area contributed by atoms with Crippen molar-refractivity contribution < 1.29 is 18.7 Å². The average molecular weight is 548 g/mol. The summed E-state index contributed by atoms with van der Waals surface area (Å²) in [5.41, 5.74) is 3.97. The van der Waals surface area contributed by atoms with Gasteiger partial charge in [-0.25, -0.2) is 14.6 Å². The maximum Gasteiger partial charge on any atom is 0.344 e. The Morgan fingerprint density at radius 1 is 0.900 bits per heavy atom. The summed E-state index contributed by atoms with van der Waals surface area (Å²) in [7, 11) is 0. The lowest BCUT2D eigenvalue weighted by Crippen LogP contribution is -2.05. The van der Waals surface area contributed by atoms with E-state index in [1.54, 1.807) is 6.20 Å². The minimum absolute atomic E-state index is 0.336. The number of fused-ring (bicyclic) bond motifs is 1. The highest BCUT2D eigenvalue weighted by molar-refractivity contribution is 5.82. The van der Waals surface area contributed by atoms with E-state index in [-0.39, 0.29) is 11.6 Å². The number of benzene rings is 1. The van der Waals surface area contributed by atoms with Crippen LogP contribution in [0.5, 0.6) is 5.88 Å². The first kappa shape index (κ1) is 31.1. The molecule has 0 bridgehead atoms. The van der Waals surface area contributed by atoms with Crippen molar-refractivity contribution >= 4 is 16.9 Å². The van der Waals surface area contributed by atoms with Crippen molar-refractivity contribution in [3.8, 4) is 17.0 Å². The van der Waals surface area contributed by atoms with E-state index in [2.05, 4.69) is 30.6 Å². The molecule has 0 atom stereocenters. The van der Waals surface area contributed by atoms with Gasteiger partial charge in [-0.05, 0) is 55.4 Å². The molecule has 0 radical (unpaired) electrons. The smallest absolute Gasteiger partial charge is 0.344 e. The Morgan fingerprint density at radius 2 is 1.57 bits per heavy atom. The first-order valence-corrected chi connectivity index (χ1v) is 15.0. The summed E-state index contributed by atoms with van der Waals surface area (Å²) in [5.74, 6) is 0.218. The Labute approximate surface area is 238 Å². The number of rotatable bonds is 19. The third-order valence-corrected chi connectivity index (χ3v) is 7.19. The van der Waals surface area contributed by atoms with Crippen LogP contribution in [0.15, 0.2) is 58.4 Å². The van der Waals surface area contributed by atoms with Gasteiger partial charge in [0, 0.05) is 17.5 Å². The van der Waals surface area contributed by atoms with Crippen LogP contribution >= 0.6 is 0 Å². The van der Waals surface area contributed by atoms with Crippen LogP contribution in [-0.4, -0.2) is 24.2 Å². The maximum absolute atomic E-state index is 12.7.